The monoisotopic (exact) mass is 339 g/mol. The van der Waals surface area contributed by atoms with Gasteiger partial charge in [0.15, 0.2) is 6.61 Å². The van der Waals surface area contributed by atoms with Crippen LogP contribution in [0.25, 0.3) is 0 Å². The van der Waals surface area contributed by atoms with Crippen LogP contribution in [-0.2, 0) is 9.53 Å². The van der Waals surface area contributed by atoms with Gasteiger partial charge in [0.25, 0.3) is 5.91 Å². The minimum absolute atomic E-state index is 0.0510. The number of phenols is 1. The Morgan fingerprint density at radius 1 is 1.35 bits per heavy atom. The molecule has 1 aromatic rings. The van der Waals surface area contributed by atoms with E-state index in [-0.39, 0.29) is 29.9 Å². The van der Waals surface area contributed by atoms with Gasteiger partial charge in [0.1, 0.15) is 11.3 Å². The van der Waals surface area contributed by atoms with E-state index in [1.54, 1.807) is 0 Å². The molecule has 0 aromatic heterocycles. The van der Waals surface area contributed by atoms with E-state index < -0.39 is 5.97 Å². The van der Waals surface area contributed by atoms with Gasteiger partial charge in [-0.1, -0.05) is 38.3 Å². The van der Waals surface area contributed by atoms with Crippen LogP contribution in [-0.4, -0.2) is 29.6 Å². The van der Waals surface area contributed by atoms with Crippen molar-refractivity contribution >= 4 is 23.5 Å². The molecular formula is C17H22ClNO4. The van der Waals surface area contributed by atoms with Crippen molar-refractivity contribution in [1.29, 1.82) is 0 Å². The highest BCUT2D eigenvalue weighted by Gasteiger charge is 2.28. The molecule has 1 saturated carbocycles. The van der Waals surface area contributed by atoms with Crippen LogP contribution in [0.5, 0.6) is 5.75 Å². The summed E-state index contributed by atoms with van der Waals surface area (Å²) < 4.78 is 4.96. The van der Waals surface area contributed by atoms with Gasteiger partial charge in [0.2, 0.25) is 0 Å². The lowest BCUT2D eigenvalue weighted by Gasteiger charge is -2.34. The highest BCUT2D eigenvalue weighted by Crippen LogP contribution is 2.29. The van der Waals surface area contributed by atoms with Crippen molar-refractivity contribution in [3.63, 3.8) is 0 Å². The smallest absolute Gasteiger partial charge is 0.342 e. The number of rotatable bonds is 4. The predicted molar refractivity (Wildman–Crippen MR) is 87.5 cm³/mol. The van der Waals surface area contributed by atoms with Gasteiger partial charge in [-0.15, -0.1) is 0 Å². The number of amides is 1. The number of hydrogen-bond donors (Lipinski definition) is 2. The van der Waals surface area contributed by atoms with Gasteiger partial charge in [0.05, 0.1) is 0 Å². The fourth-order valence-electron chi connectivity index (χ4n) is 2.91. The number of carbonyl (C=O) groups excluding carboxylic acids is 2. The largest absolute Gasteiger partial charge is 0.507 e. The second-order valence-electron chi connectivity index (χ2n) is 6.18. The third kappa shape index (κ3) is 4.61. The molecule has 6 heteroatoms. The van der Waals surface area contributed by atoms with Gasteiger partial charge >= 0.3 is 5.97 Å². The highest BCUT2D eigenvalue weighted by atomic mass is 35.5. The Kier molecular flexibility index (Phi) is 5.88. The van der Waals surface area contributed by atoms with Crippen molar-refractivity contribution in [2.24, 2.45) is 11.8 Å². The molecule has 0 aliphatic heterocycles. The first-order valence-corrected chi connectivity index (χ1v) is 8.21. The summed E-state index contributed by atoms with van der Waals surface area (Å²) >= 11 is 5.78. The van der Waals surface area contributed by atoms with Crippen LogP contribution >= 0.6 is 11.6 Å². The van der Waals surface area contributed by atoms with Gasteiger partial charge in [-0.3, -0.25) is 4.79 Å². The SMILES string of the molecule is C[C@@H]1[C@@H](C)CCC[C@H]1NC(=O)COC(=O)c1cc(Cl)ccc1O. The molecule has 23 heavy (non-hydrogen) atoms. The quantitative estimate of drug-likeness (QED) is 0.826. The Bertz CT molecular complexity index is 590. The zero-order chi connectivity index (χ0) is 17.0. The zero-order valence-corrected chi connectivity index (χ0v) is 14.1. The number of hydrogen-bond acceptors (Lipinski definition) is 4. The first-order valence-electron chi connectivity index (χ1n) is 7.83. The Morgan fingerprint density at radius 3 is 2.83 bits per heavy atom. The van der Waals surface area contributed by atoms with Crippen LogP contribution < -0.4 is 5.32 Å². The summed E-state index contributed by atoms with van der Waals surface area (Å²) in [6, 6.07) is 4.20. The maximum absolute atomic E-state index is 12.0. The van der Waals surface area contributed by atoms with E-state index in [0.29, 0.717) is 16.9 Å². The topological polar surface area (TPSA) is 75.6 Å². The molecule has 1 aliphatic carbocycles. The summed E-state index contributed by atoms with van der Waals surface area (Å²) in [6.07, 6.45) is 3.21. The average Bonchev–Trinajstić information content (AvgIpc) is 2.52. The summed E-state index contributed by atoms with van der Waals surface area (Å²) in [5, 5.41) is 12.9. The molecule has 0 unspecified atom stereocenters. The van der Waals surface area contributed by atoms with Crippen molar-refractivity contribution in [3.8, 4) is 5.75 Å². The number of ether oxygens (including phenoxy) is 1. The summed E-state index contributed by atoms with van der Waals surface area (Å²) in [7, 11) is 0. The molecule has 2 N–H and O–H groups in total. The third-order valence-corrected chi connectivity index (χ3v) is 4.80. The Balaban J connectivity index is 1.86. The van der Waals surface area contributed by atoms with Crippen molar-refractivity contribution in [3.05, 3.63) is 28.8 Å². The number of phenolic OH excluding ortho intramolecular Hbond substituents is 1. The summed E-state index contributed by atoms with van der Waals surface area (Å²) in [4.78, 5) is 23.9. The predicted octanol–water partition coefficient (Wildman–Crippen LogP) is 3.14. The lowest BCUT2D eigenvalue weighted by Crippen LogP contribution is -2.45. The van der Waals surface area contributed by atoms with Gasteiger partial charge in [-0.05, 0) is 36.5 Å². The lowest BCUT2D eigenvalue weighted by molar-refractivity contribution is -0.125. The molecule has 0 saturated heterocycles. The van der Waals surface area contributed by atoms with E-state index in [9.17, 15) is 14.7 Å². The van der Waals surface area contributed by atoms with Crippen molar-refractivity contribution in [2.75, 3.05) is 6.61 Å². The minimum atomic E-state index is -0.773. The highest BCUT2D eigenvalue weighted by molar-refractivity contribution is 6.31. The molecular weight excluding hydrogens is 318 g/mol. The second-order valence-corrected chi connectivity index (χ2v) is 6.62. The third-order valence-electron chi connectivity index (χ3n) is 4.57. The fraction of sp³-hybridized carbons (Fsp3) is 0.529. The number of benzene rings is 1. The molecule has 1 fully saturated rings. The Labute approximate surface area is 141 Å². The van der Waals surface area contributed by atoms with Gasteiger partial charge < -0.3 is 15.2 Å². The molecule has 126 valence electrons. The van der Waals surface area contributed by atoms with E-state index in [1.165, 1.54) is 24.6 Å². The van der Waals surface area contributed by atoms with Crippen molar-refractivity contribution in [1.82, 2.24) is 5.32 Å². The number of halogens is 1. The second kappa shape index (κ2) is 7.68. The van der Waals surface area contributed by atoms with Gasteiger partial charge in [0, 0.05) is 11.1 Å². The Hall–Kier alpha value is -1.75. The van der Waals surface area contributed by atoms with E-state index in [2.05, 4.69) is 19.2 Å². The number of nitrogens with one attached hydrogen (secondary N) is 1. The van der Waals surface area contributed by atoms with Gasteiger partial charge in [-0.25, -0.2) is 4.79 Å². The van der Waals surface area contributed by atoms with Crippen molar-refractivity contribution in [2.45, 2.75) is 39.2 Å². The zero-order valence-electron chi connectivity index (χ0n) is 13.3. The maximum atomic E-state index is 12.0. The molecule has 1 aromatic carbocycles. The lowest BCUT2D eigenvalue weighted by atomic mass is 9.78. The standard InChI is InChI=1S/C17H22ClNO4/c1-10-4-3-5-14(11(10)2)19-16(21)9-23-17(22)13-8-12(18)6-7-15(13)20/h6-8,10-11,14,20H,3-5,9H2,1-2H3,(H,19,21)/t10-,11+,14+/m0/s1. The summed E-state index contributed by atoms with van der Waals surface area (Å²) in [5.74, 6) is -0.356. The van der Waals surface area contributed by atoms with Crippen LogP contribution in [0.1, 0.15) is 43.5 Å². The molecule has 5 nitrogen and oxygen atoms in total. The fourth-order valence-corrected chi connectivity index (χ4v) is 3.09. The summed E-state index contributed by atoms with van der Waals surface area (Å²) in [5.41, 5.74) is -0.0510. The van der Waals surface area contributed by atoms with Gasteiger partial charge in [-0.2, -0.15) is 0 Å². The average molecular weight is 340 g/mol. The molecule has 0 heterocycles. The normalized spacial score (nSPS) is 24.0. The van der Waals surface area contributed by atoms with Crippen LogP contribution in [0.4, 0.5) is 0 Å². The number of aromatic hydroxyl groups is 1. The molecule has 0 bridgehead atoms. The minimum Gasteiger partial charge on any atom is -0.507 e. The first-order chi connectivity index (χ1) is 10.9. The van der Waals surface area contributed by atoms with E-state index in [1.807, 2.05) is 0 Å². The van der Waals surface area contributed by atoms with E-state index in [0.717, 1.165) is 12.8 Å². The van der Waals surface area contributed by atoms with Crippen LogP contribution in [0.15, 0.2) is 18.2 Å². The number of carbonyl (C=O) groups is 2. The number of esters is 1. The molecule has 0 spiro atoms. The van der Waals surface area contributed by atoms with E-state index >= 15 is 0 Å². The molecule has 3 atom stereocenters. The molecule has 1 aliphatic rings. The van der Waals surface area contributed by atoms with Crippen LogP contribution in [0, 0.1) is 11.8 Å². The Morgan fingerprint density at radius 2 is 2.09 bits per heavy atom. The molecule has 1 amide bonds. The van der Waals surface area contributed by atoms with Crippen LogP contribution in [0.2, 0.25) is 5.02 Å². The van der Waals surface area contributed by atoms with Crippen molar-refractivity contribution < 1.29 is 19.4 Å². The van der Waals surface area contributed by atoms with Crippen LogP contribution in [0.3, 0.4) is 0 Å². The summed E-state index contributed by atoms with van der Waals surface area (Å²) in [6.45, 7) is 3.94. The maximum Gasteiger partial charge on any atom is 0.342 e. The first kappa shape index (κ1) is 17.6. The molecule has 0 radical (unpaired) electrons. The molecule has 2 rings (SSSR count). The van der Waals surface area contributed by atoms with E-state index in [4.69, 9.17) is 16.3 Å².